The Hall–Kier alpha value is -1.54. The standard InChI is InChI=1S/C10H16F4N2O3/c1-5(2)3-6(7(17)18)16-9(19)15-4-10(13,14)8(11)12/h5-6,8H,3-4H2,1-2H3,(H,17,18)(H2,15,16,19)/t6-/m1/s1. The zero-order valence-electron chi connectivity index (χ0n) is 10.4. The van der Waals surface area contributed by atoms with Crippen LogP contribution in [0.2, 0.25) is 0 Å². The normalized spacial score (nSPS) is 13.5. The van der Waals surface area contributed by atoms with Crippen molar-refractivity contribution in [2.45, 2.75) is 38.7 Å². The van der Waals surface area contributed by atoms with Gasteiger partial charge in [0.15, 0.2) is 0 Å². The first-order valence-corrected chi connectivity index (χ1v) is 5.49. The number of carbonyl (C=O) groups excluding carboxylic acids is 1. The van der Waals surface area contributed by atoms with E-state index in [1.807, 2.05) is 5.32 Å². The molecule has 0 radical (unpaired) electrons. The van der Waals surface area contributed by atoms with Gasteiger partial charge in [-0.2, -0.15) is 8.78 Å². The SMILES string of the molecule is CC(C)C[C@@H](NC(=O)NCC(F)(F)C(F)F)C(=O)O. The van der Waals surface area contributed by atoms with Crippen LogP contribution in [0.3, 0.4) is 0 Å². The summed E-state index contributed by atoms with van der Waals surface area (Å²) >= 11 is 0. The molecular weight excluding hydrogens is 272 g/mol. The maximum absolute atomic E-state index is 12.5. The average Bonchev–Trinajstić information content (AvgIpc) is 2.24. The van der Waals surface area contributed by atoms with E-state index in [1.54, 1.807) is 13.8 Å². The summed E-state index contributed by atoms with van der Waals surface area (Å²) in [4.78, 5) is 21.9. The molecule has 0 aromatic carbocycles. The van der Waals surface area contributed by atoms with E-state index in [4.69, 9.17) is 5.11 Å². The molecule has 5 nitrogen and oxygen atoms in total. The van der Waals surface area contributed by atoms with Crippen LogP contribution in [-0.4, -0.2) is 42.0 Å². The molecule has 0 aromatic rings. The Balaban J connectivity index is 4.32. The number of hydrogen-bond donors (Lipinski definition) is 3. The zero-order chi connectivity index (χ0) is 15.2. The number of nitrogens with one attached hydrogen (secondary N) is 2. The van der Waals surface area contributed by atoms with Crippen molar-refractivity contribution in [2.75, 3.05) is 6.54 Å². The minimum atomic E-state index is -4.35. The van der Waals surface area contributed by atoms with Crippen LogP contribution in [0, 0.1) is 5.92 Å². The highest BCUT2D eigenvalue weighted by molar-refractivity contribution is 5.82. The summed E-state index contributed by atoms with van der Waals surface area (Å²) in [6.07, 6.45) is -3.81. The molecule has 0 bridgehead atoms. The first-order valence-electron chi connectivity index (χ1n) is 5.49. The summed E-state index contributed by atoms with van der Waals surface area (Å²) in [5.74, 6) is -5.73. The molecule has 0 spiro atoms. The van der Waals surface area contributed by atoms with Crippen LogP contribution in [0.5, 0.6) is 0 Å². The maximum Gasteiger partial charge on any atom is 0.326 e. The van der Waals surface area contributed by atoms with Gasteiger partial charge in [-0.1, -0.05) is 13.8 Å². The van der Waals surface area contributed by atoms with Crippen molar-refractivity contribution < 1.29 is 32.3 Å². The van der Waals surface area contributed by atoms with Crippen LogP contribution in [-0.2, 0) is 4.79 Å². The van der Waals surface area contributed by atoms with Gasteiger partial charge >= 0.3 is 24.3 Å². The van der Waals surface area contributed by atoms with Crippen LogP contribution in [0.25, 0.3) is 0 Å². The smallest absolute Gasteiger partial charge is 0.326 e. The lowest BCUT2D eigenvalue weighted by atomic mass is 10.0. The Bertz CT molecular complexity index is 324. The molecule has 0 aliphatic rings. The van der Waals surface area contributed by atoms with Crippen LogP contribution < -0.4 is 10.6 Å². The average molecular weight is 288 g/mol. The molecule has 0 aliphatic carbocycles. The van der Waals surface area contributed by atoms with Crippen molar-refractivity contribution in [3.8, 4) is 0 Å². The number of amides is 2. The van der Waals surface area contributed by atoms with Crippen molar-refractivity contribution in [3.05, 3.63) is 0 Å². The number of halogens is 4. The van der Waals surface area contributed by atoms with Gasteiger partial charge in [-0.15, -0.1) is 0 Å². The van der Waals surface area contributed by atoms with Crippen molar-refractivity contribution in [1.82, 2.24) is 10.6 Å². The van der Waals surface area contributed by atoms with Gasteiger partial charge in [-0.3, -0.25) is 0 Å². The fourth-order valence-electron chi connectivity index (χ4n) is 1.18. The van der Waals surface area contributed by atoms with E-state index in [9.17, 15) is 27.2 Å². The lowest BCUT2D eigenvalue weighted by Gasteiger charge is -2.19. The van der Waals surface area contributed by atoms with E-state index in [1.165, 1.54) is 5.32 Å². The molecule has 0 rings (SSSR count). The van der Waals surface area contributed by atoms with E-state index < -0.39 is 36.9 Å². The van der Waals surface area contributed by atoms with Gasteiger partial charge in [-0.25, -0.2) is 18.4 Å². The maximum atomic E-state index is 12.5. The summed E-state index contributed by atoms with van der Waals surface area (Å²) in [5.41, 5.74) is 0. The monoisotopic (exact) mass is 288 g/mol. The number of rotatable bonds is 7. The summed E-state index contributed by atoms with van der Waals surface area (Å²) in [5, 5.41) is 12.2. The van der Waals surface area contributed by atoms with Gasteiger partial charge < -0.3 is 15.7 Å². The third-order valence-corrected chi connectivity index (χ3v) is 2.11. The Labute approximate surface area is 107 Å². The molecular formula is C10H16F4N2O3. The second-order valence-corrected chi connectivity index (χ2v) is 4.41. The van der Waals surface area contributed by atoms with Crippen LogP contribution in [0.1, 0.15) is 20.3 Å². The highest BCUT2D eigenvalue weighted by Gasteiger charge is 2.41. The second-order valence-electron chi connectivity index (χ2n) is 4.41. The van der Waals surface area contributed by atoms with Crippen LogP contribution >= 0.6 is 0 Å². The summed E-state index contributed by atoms with van der Waals surface area (Å²) in [7, 11) is 0. The van der Waals surface area contributed by atoms with Crippen molar-refractivity contribution in [3.63, 3.8) is 0 Å². The molecule has 0 aromatic heterocycles. The molecule has 0 saturated carbocycles. The zero-order valence-corrected chi connectivity index (χ0v) is 10.4. The first kappa shape index (κ1) is 17.5. The Kier molecular flexibility index (Phi) is 6.57. The van der Waals surface area contributed by atoms with Gasteiger partial charge in [0.05, 0.1) is 6.54 Å². The molecule has 3 N–H and O–H groups in total. The van der Waals surface area contributed by atoms with E-state index in [0.717, 1.165) is 0 Å². The lowest BCUT2D eigenvalue weighted by Crippen LogP contribution is -2.50. The predicted molar refractivity (Wildman–Crippen MR) is 58.4 cm³/mol. The summed E-state index contributed by atoms with van der Waals surface area (Å²) in [6, 6.07) is -2.49. The number of carboxylic acid groups (broad SMARTS) is 1. The van der Waals surface area contributed by atoms with Gasteiger partial charge in [0.25, 0.3) is 0 Å². The van der Waals surface area contributed by atoms with Gasteiger partial charge in [0.1, 0.15) is 6.04 Å². The molecule has 0 unspecified atom stereocenters. The fourth-order valence-corrected chi connectivity index (χ4v) is 1.18. The highest BCUT2D eigenvalue weighted by Crippen LogP contribution is 2.21. The fraction of sp³-hybridized carbons (Fsp3) is 0.800. The molecule has 0 fully saturated rings. The molecule has 19 heavy (non-hydrogen) atoms. The van der Waals surface area contributed by atoms with Crippen molar-refractivity contribution in [2.24, 2.45) is 5.92 Å². The Morgan fingerprint density at radius 2 is 1.79 bits per heavy atom. The van der Waals surface area contributed by atoms with Crippen LogP contribution in [0.4, 0.5) is 22.4 Å². The van der Waals surface area contributed by atoms with Crippen molar-refractivity contribution in [1.29, 1.82) is 0 Å². The van der Waals surface area contributed by atoms with Gasteiger partial charge in [0, 0.05) is 0 Å². The van der Waals surface area contributed by atoms with E-state index in [2.05, 4.69) is 0 Å². The summed E-state index contributed by atoms with van der Waals surface area (Å²) < 4.78 is 48.6. The van der Waals surface area contributed by atoms with Gasteiger partial charge in [-0.05, 0) is 12.3 Å². The highest BCUT2D eigenvalue weighted by atomic mass is 19.3. The van der Waals surface area contributed by atoms with Gasteiger partial charge in [0.2, 0.25) is 0 Å². The molecule has 1 atom stereocenters. The largest absolute Gasteiger partial charge is 0.480 e. The van der Waals surface area contributed by atoms with E-state index in [-0.39, 0.29) is 12.3 Å². The third kappa shape index (κ3) is 6.82. The third-order valence-electron chi connectivity index (χ3n) is 2.11. The molecule has 0 saturated heterocycles. The number of urea groups is 1. The van der Waals surface area contributed by atoms with E-state index in [0.29, 0.717) is 0 Å². The quantitative estimate of drug-likeness (QED) is 0.624. The number of aliphatic carboxylic acids is 1. The minimum absolute atomic E-state index is 0.0519. The predicted octanol–water partition coefficient (Wildman–Crippen LogP) is 1.69. The number of carbonyl (C=O) groups is 2. The lowest BCUT2D eigenvalue weighted by molar-refractivity contribution is -0.139. The Morgan fingerprint density at radius 1 is 1.26 bits per heavy atom. The minimum Gasteiger partial charge on any atom is -0.480 e. The molecule has 0 aliphatic heterocycles. The molecule has 9 heteroatoms. The molecule has 2 amide bonds. The number of carboxylic acids is 1. The number of hydrogen-bond acceptors (Lipinski definition) is 2. The van der Waals surface area contributed by atoms with Crippen LogP contribution in [0.15, 0.2) is 0 Å². The topological polar surface area (TPSA) is 78.4 Å². The van der Waals surface area contributed by atoms with E-state index >= 15 is 0 Å². The molecule has 112 valence electrons. The second kappa shape index (κ2) is 7.15. The Morgan fingerprint density at radius 3 is 2.16 bits per heavy atom. The number of alkyl halides is 4. The molecule has 0 heterocycles. The van der Waals surface area contributed by atoms with Crippen molar-refractivity contribution >= 4 is 12.0 Å². The first-order chi connectivity index (χ1) is 8.56. The summed E-state index contributed by atoms with van der Waals surface area (Å²) in [6.45, 7) is 1.85.